The molecule has 0 unspecified atom stereocenters. The number of carbonyl (C=O) groups excluding carboxylic acids is 1. The van der Waals surface area contributed by atoms with Crippen LogP contribution in [0.2, 0.25) is 0 Å². The zero-order chi connectivity index (χ0) is 15.8. The lowest BCUT2D eigenvalue weighted by atomic mass is 10.1. The van der Waals surface area contributed by atoms with Gasteiger partial charge in [0, 0.05) is 33.3 Å². The van der Waals surface area contributed by atoms with Gasteiger partial charge in [-0.25, -0.2) is 0 Å². The van der Waals surface area contributed by atoms with E-state index in [0.29, 0.717) is 25.3 Å². The molecule has 1 aliphatic rings. The van der Waals surface area contributed by atoms with Gasteiger partial charge in [0.05, 0.1) is 24.8 Å². The zero-order valence-corrected chi connectivity index (χ0v) is 12.9. The van der Waals surface area contributed by atoms with E-state index in [1.165, 1.54) is 0 Å². The Morgan fingerprint density at radius 2 is 2.09 bits per heavy atom. The standard InChI is InChI=1S/C17H21N3O2/c1-22-12-11-20-10-9-19(14-17(20)21)8-2-3-15-4-6-16(13-18)7-5-15/h2-7H,8-12,14H2,1H3/b3-2+. The minimum absolute atomic E-state index is 0.162. The number of piperazine rings is 1. The van der Waals surface area contributed by atoms with Crippen molar-refractivity contribution in [3.05, 3.63) is 41.5 Å². The Morgan fingerprint density at radius 1 is 1.32 bits per heavy atom. The molecule has 0 radical (unpaired) electrons. The second-order valence-electron chi connectivity index (χ2n) is 5.24. The van der Waals surface area contributed by atoms with E-state index in [9.17, 15) is 4.79 Å². The molecule has 1 amide bonds. The van der Waals surface area contributed by atoms with Crippen LogP contribution in [0.5, 0.6) is 0 Å². The van der Waals surface area contributed by atoms with Gasteiger partial charge in [-0.1, -0.05) is 24.3 Å². The summed E-state index contributed by atoms with van der Waals surface area (Å²) in [6.07, 6.45) is 4.07. The van der Waals surface area contributed by atoms with Crippen LogP contribution in [0.4, 0.5) is 0 Å². The minimum atomic E-state index is 0.162. The van der Waals surface area contributed by atoms with Crippen LogP contribution in [0.25, 0.3) is 6.08 Å². The van der Waals surface area contributed by atoms with Crippen molar-refractivity contribution in [3.8, 4) is 6.07 Å². The largest absolute Gasteiger partial charge is 0.383 e. The van der Waals surface area contributed by atoms with Gasteiger partial charge in [-0.2, -0.15) is 5.26 Å². The molecule has 1 saturated heterocycles. The first kappa shape index (κ1) is 16.2. The summed E-state index contributed by atoms with van der Waals surface area (Å²) in [4.78, 5) is 16.0. The fraction of sp³-hybridized carbons (Fsp3) is 0.412. The average Bonchev–Trinajstić information content (AvgIpc) is 2.55. The lowest BCUT2D eigenvalue weighted by Gasteiger charge is -2.33. The number of hydrogen-bond donors (Lipinski definition) is 0. The van der Waals surface area contributed by atoms with E-state index in [2.05, 4.69) is 17.0 Å². The Morgan fingerprint density at radius 3 is 2.73 bits per heavy atom. The number of carbonyl (C=O) groups is 1. The molecule has 0 aliphatic carbocycles. The first-order valence-corrected chi connectivity index (χ1v) is 7.38. The highest BCUT2D eigenvalue weighted by Gasteiger charge is 2.22. The van der Waals surface area contributed by atoms with E-state index in [1.54, 1.807) is 19.2 Å². The molecule has 0 spiro atoms. The Bertz CT molecular complexity index is 560. The Balaban J connectivity index is 1.79. The molecule has 1 fully saturated rings. The van der Waals surface area contributed by atoms with Gasteiger partial charge in [-0.3, -0.25) is 9.69 Å². The van der Waals surface area contributed by atoms with E-state index in [4.69, 9.17) is 10.00 Å². The van der Waals surface area contributed by atoms with E-state index in [0.717, 1.165) is 25.2 Å². The van der Waals surface area contributed by atoms with Crippen molar-refractivity contribution >= 4 is 12.0 Å². The predicted octanol–water partition coefficient (Wildman–Crippen LogP) is 1.36. The Hall–Kier alpha value is -2.16. The Labute approximate surface area is 131 Å². The van der Waals surface area contributed by atoms with Crippen molar-refractivity contribution in [2.45, 2.75) is 0 Å². The molecule has 5 nitrogen and oxygen atoms in total. The number of ether oxygens (including phenoxy) is 1. The fourth-order valence-corrected chi connectivity index (χ4v) is 2.36. The van der Waals surface area contributed by atoms with Gasteiger partial charge in [-0.05, 0) is 17.7 Å². The summed E-state index contributed by atoms with van der Waals surface area (Å²) in [5.41, 5.74) is 1.72. The molecule has 0 aromatic heterocycles. The van der Waals surface area contributed by atoms with Gasteiger partial charge in [0.2, 0.25) is 5.91 Å². The molecule has 22 heavy (non-hydrogen) atoms. The van der Waals surface area contributed by atoms with E-state index in [-0.39, 0.29) is 5.91 Å². The second kappa shape index (κ2) is 8.32. The lowest BCUT2D eigenvalue weighted by molar-refractivity contribution is -0.136. The van der Waals surface area contributed by atoms with E-state index in [1.807, 2.05) is 23.1 Å². The highest BCUT2D eigenvalue weighted by Crippen LogP contribution is 2.07. The van der Waals surface area contributed by atoms with Crippen LogP contribution in [-0.2, 0) is 9.53 Å². The summed E-state index contributed by atoms with van der Waals surface area (Å²) < 4.78 is 5.01. The number of hydrogen-bond acceptors (Lipinski definition) is 4. The van der Waals surface area contributed by atoms with Crippen molar-refractivity contribution < 1.29 is 9.53 Å². The molecule has 1 aromatic rings. The molecular weight excluding hydrogens is 278 g/mol. The van der Waals surface area contributed by atoms with Crippen LogP contribution in [-0.4, -0.2) is 62.1 Å². The molecule has 5 heteroatoms. The molecule has 2 rings (SSSR count). The molecule has 1 aromatic carbocycles. The van der Waals surface area contributed by atoms with Gasteiger partial charge in [0.1, 0.15) is 0 Å². The maximum Gasteiger partial charge on any atom is 0.236 e. The van der Waals surface area contributed by atoms with Crippen LogP contribution >= 0.6 is 0 Å². The van der Waals surface area contributed by atoms with Crippen LogP contribution in [0.15, 0.2) is 30.3 Å². The topological polar surface area (TPSA) is 56.6 Å². The molecule has 0 N–H and O–H groups in total. The summed E-state index contributed by atoms with van der Waals surface area (Å²) in [6, 6.07) is 9.55. The van der Waals surface area contributed by atoms with Crippen LogP contribution < -0.4 is 0 Å². The van der Waals surface area contributed by atoms with Gasteiger partial charge < -0.3 is 9.64 Å². The maximum atomic E-state index is 12.0. The summed E-state index contributed by atoms with van der Waals surface area (Å²) in [5.74, 6) is 0.162. The molecule has 1 aliphatic heterocycles. The third-order valence-electron chi connectivity index (χ3n) is 3.68. The number of methoxy groups -OCH3 is 1. The molecule has 0 bridgehead atoms. The first-order chi connectivity index (χ1) is 10.7. The number of nitriles is 1. The predicted molar refractivity (Wildman–Crippen MR) is 85.1 cm³/mol. The molecule has 116 valence electrons. The van der Waals surface area contributed by atoms with E-state index < -0.39 is 0 Å². The van der Waals surface area contributed by atoms with Gasteiger partial charge >= 0.3 is 0 Å². The molecular formula is C17H21N3O2. The SMILES string of the molecule is COCCN1CCN(C/C=C/c2ccc(C#N)cc2)CC1=O. The quantitative estimate of drug-likeness (QED) is 0.796. The van der Waals surface area contributed by atoms with Gasteiger partial charge in [0.25, 0.3) is 0 Å². The number of benzene rings is 1. The minimum Gasteiger partial charge on any atom is -0.383 e. The molecule has 0 saturated carbocycles. The van der Waals surface area contributed by atoms with Gasteiger partial charge in [0.15, 0.2) is 0 Å². The molecule has 0 atom stereocenters. The van der Waals surface area contributed by atoms with Crippen LogP contribution in [0, 0.1) is 11.3 Å². The fourth-order valence-electron chi connectivity index (χ4n) is 2.36. The molecule has 1 heterocycles. The van der Waals surface area contributed by atoms with Crippen LogP contribution in [0.3, 0.4) is 0 Å². The van der Waals surface area contributed by atoms with E-state index >= 15 is 0 Å². The maximum absolute atomic E-state index is 12.0. The third kappa shape index (κ3) is 4.69. The lowest BCUT2D eigenvalue weighted by Crippen LogP contribution is -2.51. The summed E-state index contributed by atoms with van der Waals surface area (Å²) >= 11 is 0. The zero-order valence-electron chi connectivity index (χ0n) is 12.9. The first-order valence-electron chi connectivity index (χ1n) is 7.38. The highest BCUT2D eigenvalue weighted by molar-refractivity contribution is 5.79. The van der Waals surface area contributed by atoms with Crippen molar-refractivity contribution in [2.24, 2.45) is 0 Å². The highest BCUT2D eigenvalue weighted by atomic mass is 16.5. The Kier molecular flexibility index (Phi) is 6.13. The summed E-state index contributed by atoms with van der Waals surface area (Å²) in [5, 5.41) is 8.76. The number of nitrogens with zero attached hydrogens (tertiary/aromatic N) is 3. The van der Waals surface area contributed by atoms with Crippen molar-refractivity contribution in [3.63, 3.8) is 0 Å². The van der Waals surface area contributed by atoms with Crippen LogP contribution in [0.1, 0.15) is 11.1 Å². The van der Waals surface area contributed by atoms with Crippen molar-refractivity contribution in [2.75, 3.05) is 46.4 Å². The third-order valence-corrected chi connectivity index (χ3v) is 3.68. The van der Waals surface area contributed by atoms with Crippen molar-refractivity contribution in [1.29, 1.82) is 5.26 Å². The smallest absolute Gasteiger partial charge is 0.236 e. The normalized spacial score (nSPS) is 16.2. The second-order valence-corrected chi connectivity index (χ2v) is 5.24. The van der Waals surface area contributed by atoms with Gasteiger partial charge in [-0.15, -0.1) is 0 Å². The number of rotatable bonds is 6. The van der Waals surface area contributed by atoms with Crippen molar-refractivity contribution in [1.82, 2.24) is 9.80 Å². The monoisotopic (exact) mass is 299 g/mol. The summed E-state index contributed by atoms with van der Waals surface area (Å²) in [7, 11) is 1.65. The number of amides is 1. The average molecular weight is 299 g/mol. The summed E-state index contributed by atoms with van der Waals surface area (Å²) in [6.45, 7) is 4.11.